The van der Waals surface area contributed by atoms with E-state index >= 15 is 0 Å². The molecule has 1 aromatic carbocycles. The van der Waals surface area contributed by atoms with E-state index in [0.717, 1.165) is 6.07 Å². The van der Waals surface area contributed by atoms with E-state index in [9.17, 15) is 18.0 Å². The molecule has 0 saturated heterocycles. The van der Waals surface area contributed by atoms with Crippen LogP contribution in [0.25, 0.3) is 10.9 Å². The predicted octanol–water partition coefficient (Wildman–Crippen LogP) is 2.98. The van der Waals surface area contributed by atoms with Gasteiger partial charge in [0.05, 0.1) is 5.52 Å². The average Bonchev–Trinajstić information content (AvgIpc) is 2.26. The summed E-state index contributed by atoms with van der Waals surface area (Å²) in [4.78, 5) is 14.6. The Kier molecular flexibility index (Phi) is 2.38. The Morgan fingerprint density at radius 1 is 1.06 bits per heavy atom. The molecule has 5 heteroatoms. The number of aromatic nitrogens is 1. The van der Waals surface area contributed by atoms with Crippen LogP contribution in [0.5, 0.6) is 0 Å². The summed E-state index contributed by atoms with van der Waals surface area (Å²) in [6, 6.07) is 9.19. The molecule has 0 bridgehead atoms. The first-order chi connectivity index (χ1) is 7.48. The zero-order valence-electron chi connectivity index (χ0n) is 7.95. The van der Waals surface area contributed by atoms with Crippen LogP contribution in [0.4, 0.5) is 13.2 Å². The number of nitrogens with zero attached hydrogens (tertiary/aromatic N) is 1. The van der Waals surface area contributed by atoms with Crippen LogP contribution in [0.2, 0.25) is 0 Å². The summed E-state index contributed by atoms with van der Waals surface area (Å²) >= 11 is 0. The van der Waals surface area contributed by atoms with Crippen LogP contribution in [0.15, 0.2) is 36.4 Å². The van der Waals surface area contributed by atoms with E-state index in [-0.39, 0.29) is 0 Å². The van der Waals surface area contributed by atoms with Gasteiger partial charge in [0.1, 0.15) is 5.69 Å². The normalized spacial score (nSPS) is 11.7. The molecule has 0 spiro atoms. The first-order valence-corrected chi connectivity index (χ1v) is 4.46. The second kappa shape index (κ2) is 3.59. The number of benzene rings is 1. The van der Waals surface area contributed by atoms with Crippen molar-refractivity contribution in [1.82, 2.24) is 4.98 Å². The Balaban J connectivity index is 2.52. The fourth-order valence-electron chi connectivity index (χ4n) is 1.34. The zero-order valence-corrected chi connectivity index (χ0v) is 7.95. The summed E-state index contributed by atoms with van der Waals surface area (Å²) in [5.74, 6) is -1.92. The molecule has 0 N–H and O–H groups in total. The first-order valence-electron chi connectivity index (χ1n) is 4.46. The number of rotatable bonds is 1. The Morgan fingerprint density at radius 2 is 1.75 bits per heavy atom. The van der Waals surface area contributed by atoms with Crippen molar-refractivity contribution in [2.45, 2.75) is 6.18 Å². The molecule has 0 amide bonds. The molecular weight excluding hydrogens is 219 g/mol. The van der Waals surface area contributed by atoms with E-state index in [1.54, 1.807) is 24.3 Å². The average molecular weight is 225 g/mol. The van der Waals surface area contributed by atoms with Crippen LogP contribution in [0.1, 0.15) is 10.5 Å². The lowest BCUT2D eigenvalue weighted by atomic mass is 10.1. The number of hydrogen-bond acceptors (Lipinski definition) is 2. The summed E-state index contributed by atoms with van der Waals surface area (Å²) in [6.07, 6.45) is -4.88. The van der Waals surface area contributed by atoms with Crippen LogP contribution in [-0.2, 0) is 0 Å². The van der Waals surface area contributed by atoms with Crippen LogP contribution in [0.3, 0.4) is 0 Å². The van der Waals surface area contributed by atoms with Crippen molar-refractivity contribution in [1.29, 1.82) is 0 Å². The predicted molar refractivity (Wildman–Crippen MR) is 52.1 cm³/mol. The molecule has 0 fully saturated rings. The van der Waals surface area contributed by atoms with Crippen molar-refractivity contribution in [3.8, 4) is 0 Å². The molecule has 0 unspecified atom stereocenters. The summed E-state index contributed by atoms with van der Waals surface area (Å²) in [5.41, 5.74) is -0.205. The zero-order chi connectivity index (χ0) is 11.8. The Morgan fingerprint density at radius 3 is 2.44 bits per heavy atom. The number of hydrogen-bond donors (Lipinski definition) is 0. The summed E-state index contributed by atoms with van der Waals surface area (Å²) in [7, 11) is 0. The molecule has 0 atom stereocenters. The SMILES string of the molecule is O=C(c1ccc2ccccc2n1)C(F)(F)F. The van der Waals surface area contributed by atoms with Crippen LogP contribution in [0, 0.1) is 0 Å². The summed E-state index contributed by atoms with van der Waals surface area (Å²) in [5, 5.41) is 0.696. The van der Waals surface area contributed by atoms with Gasteiger partial charge in [-0.15, -0.1) is 0 Å². The molecule has 0 saturated carbocycles. The molecule has 1 heterocycles. The number of halogens is 3. The first kappa shape index (κ1) is 10.6. The number of pyridine rings is 1. The third-order valence-corrected chi connectivity index (χ3v) is 2.09. The van der Waals surface area contributed by atoms with Gasteiger partial charge in [-0.2, -0.15) is 13.2 Å². The smallest absolute Gasteiger partial charge is 0.282 e. The van der Waals surface area contributed by atoms with Gasteiger partial charge in [-0.1, -0.05) is 24.3 Å². The summed E-state index contributed by atoms with van der Waals surface area (Å²) < 4.78 is 36.4. The third kappa shape index (κ3) is 1.88. The number of fused-ring (bicyclic) bond motifs is 1. The van der Waals surface area contributed by atoms with Gasteiger partial charge in [-0.05, 0) is 12.1 Å². The van der Waals surface area contributed by atoms with Crippen LogP contribution >= 0.6 is 0 Å². The lowest BCUT2D eigenvalue weighted by Crippen LogP contribution is -2.23. The Bertz CT molecular complexity index is 548. The Labute approximate surface area is 88.7 Å². The second-order valence-corrected chi connectivity index (χ2v) is 3.22. The molecule has 0 aliphatic rings. The lowest BCUT2D eigenvalue weighted by molar-refractivity contribution is -0.0888. The fraction of sp³-hybridized carbons (Fsp3) is 0.0909. The summed E-state index contributed by atoms with van der Waals surface area (Å²) in [6.45, 7) is 0. The molecule has 0 aliphatic carbocycles. The number of ketones is 1. The molecule has 2 rings (SSSR count). The lowest BCUT2D eigenvalue weighted by Gasteiger charge is -2.05. The van der Waals surface area contributed by atoms with Gasteiger partial charge < -0.3 is 0 Å². The van der Waals surface area contributed by atoms with Gasteiger partial charge in [-0.3, -0.25) is 4.79 Å². The van der Waals surface area contributed by atoms with E-state index in [0.29, 0.717) is 10.9 Å². The van der Waals surface area contributed by atoms with E-state index in [1.807, 2.05) is 0 Å². The minimum atomic E-state index is -4.88. The maximum absolute atomic E-state index is 12.1. The molecular formula is C11H6F3NO. The molecule has 0 radical (unpaired) electrons. The quantitative estimate of drug-likeness (QED) is 0.698. The second-order valence-electron chi connectivity index (χ2n) is 3.22. The van der Waals surface area contributed by atoms with Gasteiger partial charge in [-0.25, -0.2) is 4.98 Å². The minimum absolute atomic E-state index is 0.373. The molecule has 1 aromatic heterocycles. The van der Waals surface area contributed by atoms with Gasteiger partial charge in [0.15, 0.2) is 0 Å². The van der Waals surface area contributed by atoms with Gasteiger partial charge >= 0.3 is 6.18 Å². The van der Waals surface area contributed by atoms with Crippen molar-refractivity contribution >= 4 is 16.7 Å². The number of alkyl halides is 3. The highest BCUT2D eigenvalue weighted by Gasteiger charge is 2.40. The third-order valence-electron chi connectivity index (χ3n) is 2.09. The van der Waals surface area contributed by atoms with Crippen molar-refractivity contribution in [2.24, 2.45) is 0 Å². The monoisotopic (exact) mass is 225 g/mol. The molecule has 82 valence electrons. The number of carbonyl (C=O) groups is 1. The highest BCUT2D eigenvalue weighted by Crippen LogP contribution is 2.21. The van der Waals surface area contributed by atoms with E-state index in [2.05, 4.69) is 4.98 Å². The van der Waals surface area contributed by atoms with Gasteiger partial charge in [0, 0.05) is 5.39 Å². The maximum atomic E-state index is 12.1. The van der Waals surface area contributed by atoms with Gasteiger partial charge in [0.2, 0.25) is 0 Å². The minimum Gasteiger partial charge on any atom is -0.282 e. The van der Waals surface area contributed by atoms with Crippen molar-refractivity contribution in [2.75, 3.05) is 0 Å². The van der Waals surface area contributed by atoms with Crippen molar-refractivity contribution < 1.29 is 18.0 Å². The highest BCUT2D eigenvalue weighted by atomic mass is 19.4. The van der Waals surface area contributed by atoms with Crippen molar-refractivity contribution in [3.05, 3.63) is 42.1 Å². The molecule has 0 aliphatic heterocycles. The topological polar surface area (TPSA) is 30.0 Å². The molecule has 16 heavy (non-hydrogen) atoms. The Hall–Kier alpha value is -1.91. The van der Waals surface area contributed by atoms with Crippen LogP contribution < -0.4 is 0 Å². The number of carbonyl (C=O) groups excluding carboxylic acids is 1. The van der Waals surface area contributed by atoms with E-state index < -0.39 is 17.7 Å². The number of Topliss-reactive ketones (excluding diaryl/α,β-unsaturated/α-hetero) is 1. The van der Waals surface area contributed by atoms with E-state index in [4.69, 9.17) is 0 Å². The highest BCUT2D eigenvalue weighted by molar-refractivity contribution is 6.00. The molecule has 2 nitrogen and oxygen atoms in total. The van der Waals surface area contributed by atoms with E-state index in [1.165, 1.54) is 6.07 Å². The van der Waals surface area contributed by atoms with Gasteiger partial charge in [0.25, 0.3) is 5.78 Å². The molecule has 2 aromatic rings. The maximum Gasteiger partial charge on any atom is 0.456 e. The fourth-order valence-corrected chi connectivity index (χ4v) is 1.34. The van der Waals surface area contributed by atoms with Crippen molar-refractivity contribution in [3.63, 3.8) is 0 Å². The largest absolute Gasteiger partial charge is 0.456 e. The number of para-hydroxylation sites is 1. The standard InChI is InChI=1S/C11H6F3NO/c12-11(13,14)10(16)9-6-5-7-3-1-2-4-8(7)15-9/h1-6H. The van der Waals surface area contributed by atoms with Crippen LogP contribution in [-0.4, -0.2) is 16.9 Å².